The maximum Gasteiger partial charge on any atom is 0.257 e. The van der Waals surface area contributed by atoms with E-state index < -0.39 is 0 Å². The maximum absolute atomic E-state index is 12.9. The van der Waals surface area contributed by atoms with Crippen LogP contribution in [0.4, 0.5) is 10.1 Å². The van der Waals surface area contributed by atoms with Crippen molar-refractivity contribution in [3.8, 4) is 0 Å². The zero-order valence-electron chi connectivity index (χ0n) is 14.4. The standard InChI is InChI=1S/C19H22FN3OS/c1-3-23(4-2)13-14-5-11-17(12-6-14)21-19(25)22-18(24)15-7-9-16(20)10-8-15/h5-12H,3-4,13H2,1-2H3,(H2,21,22,24,25). The van der Waals surface area contributed by atoms with Gasteiger partial charge in [-0.2, -0.15) is 0 Å². The zero-order valence-corrected chi connectivity index (χ0v) is 15.2. The van der Waals surface area contributed by atoms with E-state index in [-0.39, 0.29) is 16.8 Å². The molecule has 0 atom stereocenters. The summed E-state index contributed by atoms with van der Waals surface area (Å²) < 4.78 is 12.9. The number of hydrogen-bond donors (Lipinski definition) is 2. The van der Waals surface area contributed by atoms with E-state index in [0.29, 0.717) is 5.56 Å². The molecular weight excluding hydrogens is 337 g/mol. The van der Waals surface area contributed by atoms with Gasteiger partial charge in [-0.25, -0.2) is 4.39 Å². The van der Waals surface area contributed by atoms with Crippen LogP contribution < -0.4 is 10.6 Å². The number of halogens is 1. The van der Waals surface area contributed by atoms with Crippen LogP contribution in [0.2, 0.25) is 0 Å². The summed E-state index contributed by atoms with van der Waals surface area (Å²) >= 11 is 5.15. The molecule has 0 aromatic heterocycles. The summed E-state index contributed by atoms with van der Waals surface area (Å²) in [7, 11) is 0. The Morgan fingerprint density at radius 1 is 1.04 bits per heavy atom. The SMILES string of the molecule is CCN(CC)Cc1ccc(NC(=S)NC(=O)c2ccc(F)cc2)cc1. The second-order valence-corrected chi connectivity index (χ2v) is 5.98. The van der Waals surface area contributed by atoms with Gasteiger partial charge in [0, 0.05) is 17.8 Å². The van der Waals surface area contributed by atoms with E-state index in [1.165, 1.54) is 29.8 Å². The largest absolute Gasteiger partial charge is 0.332 e. The second-order valence-electron chi connectivity index (χ2n) is 5.57. The number of nitrogens with one attached hydrogen (secondary N) is 2. The molecule has 0 saturated carbocycles. The number of thiocarbonyl (C=S) groups is 1. The predicted octanol–water partition coefficient (Wildman–Crippen LogP) is 3.79. The molecule has 0 heterocycles. The fourth-order valence-electron chi connectivity index (χ4n) is 2.34. The van der Waals surface area contributed by atoms with Crippen LogP contribution in [0.1, 0.15) is 29.8 Å². The van der Waals surface area contributed by atoms with Gasteiger partial charge in [0.1, 0.15) is 5.82 Å². The molecule has 1 amide bonds. The van der Waals surface area contributed by atoms with Gasteiger partial charge >= 0.3 is 0 Å². The highest BCUT2D eigenvalue weighted by molar-refractivity contribution is 7.80. The monoisotopic (exact) mass is 359 g/mol. The first-order valence-electron chi connectivity index (χ1n) is 8.21. The van der Waals surface area contributed by atoms with Crippen LogP contribution in [0.5, 0.6) is 0 Å². The average Bonchev–Trinajstić information content (AvgIpc) is 2.61. The van der Waals surface area contributed by atoms with E-state index in [4.69, 9.17) is 12.2 Å². The summed E-state index contributed by atoms with van der Waals surface area (Å²) in [6, 6.07) is 13.2. The van der Waals surface area contributed by atoms with E-state index in [1.807, 2.05) is 24.3 Å². The van der Waals surface area contributed by atoms with Crippen molar-refractivity contribution >= 4 is 28.9 Å². The lowest BCUT2D eigenvalue weighted by Gasteiger charge is -2.18. The van der Waals surface area contributed by atoms with E-state index in [1.54, 1.807) is 0 Å². The molecule has 0 aliphatic carbocycles. The molecule has 132 valence electrons. The lowest BCUT2D eigenvalue weighted by Crippen LogP contribution is -2.34. The molecule has 2 aromatic carbocycles. The molecule has 0 aliphatic rings. The lowest BCUT2D eigenvalue weighted by atomic mass is 10.2. The van der Waals surface area contributed by atoms with Crippen molar-refractivity contribution in [1.29, 1.82) is 0 Å². The Balaban J connectivity index is 1.89. The van der Waals surface area contributed by atoms with Crippen molar-refractivity contribution in [3.05, 3.63) is 65.5 Å². The number of nitrogens with zero attached hydrogens (tertiary/aromatic N) is 1. The minimum Gasteiger partial charge on any atom is -0.332 e. The van der Waals surface area contributed by atoms with Gasteiger partial charge in [-0.1, -0.05) is 26.0 Å². The molecule has 0 spiro atoms. The van der Waals surface area contributed by atoms with Gasteiger partial charge in [0.25, 0.3) is 5.91 Å². The summed E-state index contributed by atoms with van der Waals surface area (Å²) in [6.07, 6.45) is 0. The molecule has 0 unspecified atom stereocenters. The Bertz CT molecular complexity index is 712. The Morgan fingerprint density at radius 3 is 2.20 bits per heavy atom. The molecule has 4 nitrogen and oxygen atoms in total. The third kappa shape index (κ3) is 5.92. The number of rotatable bonds is 6. The average molecular weight is 359 g/mol. The number of carbonyl (C=O) groups is 1. The van der Waals surface area contributed by atoms with Crippen molar-refractivity contribution in [2.45, 2.75) is 20.4 Å². The highest BCUT2D eigenvalue weighted by Crippen LogP contribution is 2.11. The molecular formula is C19H22FN3OS. The van der Waals surface area contributed by atoms with Gasteiger partial charge < -0.3 is 5.32 Å². The van der Waals surface area contributed by atoms with Crippen LogP contribution >= 0.6 is 12.2 Å². The number of benzene rings is 2. The van der Waals surface area contributed by atoms with Crippen molar-refractivity contribution < 1.29 is 9.18 Å². The van der Waals surface area contributed by atoms with Gasteiger partial charge in [0.2, 0.25) is 0 Å². The molecule has 0 aliphatic heterocycles. The Morgan fingerprint density at radius 2 is 1.64 bits per heavy atom. The van der Waals surface area contributed by atoms with Gasteiger partial charge in [0.15, 0.2) is 5.11 Å². The molecule has 2 aromatic rings. The molecule has 2 N–H and O–H groups in total. The molecule has 2 rings (SSSR count). The maximum atomic E-state index is 12.9. The first kappa shape index (κ1) is 19.0. The highest BCUT2D eigenvalue weighted by atomic mass is 32.1. The molecule has 0 fully saturated rings. The Hall–Kier alpha value is -2.31. The van der Waals surface area contributed by atoms with E-state index in [9.17, 15) is 9.18 Å². The van der Waals surface area contributed by atoms with Crippen LogP contribution in [0.15, 0.2) is 48.5 Å². The van der Waals surface area contributed by atoms with E-state index in [2.05, 4.69) is 29.4 Å². The first-order valence-corrected chi connectivity index (χ1v) is 8.61. The summed E-state index contributed by atoms with van der Waals surface area (Å²) in [5, 5.41) is 5.75. The lowest BCUT2D eigenvalue weighted by molar-refractivity contribution is 0.0977. The van der Waals surface area contributed by atoms with Crippen molar-refractivity contribution in [2.75, 3.05) is 18.4 Å². The zero-order chi connectivity index (χ0) is 18.2. The number of anilines is 1. The highest BCUT2D eigenvalue weighted by Gasteiger charge is 2.08. The number of amides is 1. The third-order valence-electron chi connectivity index (χ3n) is 3.85. The minimum absolute atomic E-state index is 0.200. The molecule has 6 heteroatoms. The molecule has 0 radical (unpaired) electrons. The van der Waals surface area contributed by atoms with Crippen molar-refractivity contribution in [2.24, 2.45) is 0 Å². The van der Waals surface area contributed by atoms with Crippen LogP contribution in [0, 0.1) is 5.82 Å². The summed E-state index contributed by atoms with van der Waals surface area (Å²) in [5.41, 5.74) is 2.36. The predicted molar refractivity (Wildman–Crippen MR) is 103 cm³/mol. The molecule has 0 saturated heterocycles. The van der Waals surface area contributed by atoms with E-state index in [0.717, 1.165) is 25.3 Å². The fraction of sp³-hybridized carbons (Fsp3) is 0.263. The molecule has 25 heavy (non-hydrogen) atoms. The van der Waals surface area contributed by atoms with Crippen LogP contribution in [0.25, 0.3) is 0 Å². The van der Waals surface area contributed by atoms with Gasteiger partial charge in [0.05, 0.1) is 0 Å². The van der Waals surface area contributed by atoms with Gasteiger partial charge in [-0.3, -0.25) is 15.0 Å². The first-order chi connectivity index (χ1) is 12.0. The second kappa shape index (κ2) is 9.25. The van der Waals surface area contributed by atoms with Crippen LogP contribution in [0.3, 0.4) is 0 Å². The normalized spacial score (nSPS) is 10.6. The number of hydrogen-bond acceptors (Lipinski definition) is 3. The molecule has 0 bridgehead atoms. The van der Waals surface area contributed by atoms with E-state index >= 15 is 0 Å². The quantitative estimate of drug-likeness (QED) is 0.770. The summed E-state index contributed by atoms with van der Waals surface area (Å²) in [6.45, 7) is 7.20. The number of carbonyl (C=O) groups excluding carboxylic acids is 1. The van der Waals surface area contributed by atoms with Gasteiger partial charge in [-0.15, -0.1) is 0 Å². The van der Waals surface area contributed by atoms with Gasteiger partial charge in [-0.05, 0) is 67.3 Å². The van der Waals surface area contributed by atoms with Crippen LogP contribution in [-0.4, -0.2) is 29.0 Å². The summed E-state index contributed by atoms with van der Waals surface area (Å²) in [5.74, 6) is -0.766. The Labute approximate surface area is 153 Å². The fourth-order valence-corrected chi connectivity index (χ4v) is 2.55. The Kier molecular flexibility index (Phi) is 7.03. The summed E-state index contributed by atoms with van der Waals surface area (Å²) in [4.78, 5) is 14.4. The van der Waals surface area contributed by atoms with Crippen molar-refractivity contribution in [1.82, 2.24) is 10.2 Å². The third-order valence-corrected chi connectivity index (χ3v) is 4.05. The van der Waals surface area contributed by atoms with Crippen molar-refractivity contribution in [3.63, 3.8) is 0 Å². The minimum atomic E-state index is -0.387. The van der Waals surface area contributed by atoms with Crippen LogP contribution in [-0.2, 0) is 6.54 Å². The smallest absolute Gasteiger partial charge is 0.257 e. The topological polar surface area (TPSA) is 44.4 Å².